The summed E-state index contributed by atoms with van der Waals surface area (Å²) in [5, 5.41) is 0. The van der Waals surface area contributed by atoms with Gasteiger partial charge < -0.3 is 5.73 Å². The van der Waals surface area contributed by atoms with Gasteiger partial charge in [-0.2, -0.15) is 0 Å². The molecule has 2 bridgehead atoms. The Balaban J connectivity index is 1.99. The molecule has 1 heterocycles. The molecule has 2 nitrogen and oxygen atoms in total. The molecule has 20 heavy (non-hydrogen) atoms. The van der Waals surface area contributed by atoms with Gasteiger partial charge in [0.1, 0.15) is 0 Å². The molecule has 110 valence electrons. The first-order chi connectivity index (χ1) is 9.41. The van der Waals surface area contributed by atoms with Crippen molar-refractivity contribution in [1.82, 2.24) is 4.90 Å². The number of rotatable bonds is 2. The molecule has 1 fully saturated rings. The maximum absolute atomic E-state index is 6.04. The van der Waals surface area contributed by atoms with Crippen molar-refractivity contribution in [3.8, 4) is 0 Å². The fraction of sp³-hybridized carbons (Fsp3) is 0.667. The second kappa shape index (κ2) is 4.77. The second-order valence-electron chi connectivity index (χ2n) is 7.53. The van der Waals surface area contributed by atoms with Gasteiger partial charge in [0.15, 0.2) is 0 Å². The SMILES string of the molecule is CC(C)CN1CC[C@@]2(C)c3cc(N)ccc3C[C@@H]1C2C. The molecule has 1 aromatic rings. The number of fused-ring (bicyclic) bond motifs is 4. The Morgan fingerprint density at radius 1 is 1.40 bits per heavy atom. The summed E-state index contributed by atoms with van der Waals surface area (Å²) in [6, 6.07) is 7.27. The molecule has 0 spiro atoms. The van der Waals surface area contributed by atoms with E-state index in [0.29, 0.717) is 17.4 Å². The van der Waals surface area contributed by atoms with E-state index in [4.69, 9.17) is 5.73 Å². The van der Waals surface area contributed by atoms with Crippen molar-refractivity contribution in [2.45, 2.75) is 52.0 Å². The molecule has 3 rings (SSSR count). The maximum atomic E-state index is 6.04. The Labute approximate surface area is 123 Å². The summed E-state index contributed by atoms with van der Waals surface area (Å²) < 4.78 is 0. The summed E-state index contributed by atoms with van der Waals surface area (Å²) in [5.41, 5.74) is 10.3. The molecular weight excluding hydrogens is 244 g/mol. The van der Waals surface area contributed by atoms with Crippen molar-refractivity contribution < 1.29 is 0 Å². The number of likely N-dealkylation sites (tertiary alicyclic amines) is 1. The normalized spacial score (nSPS) is 33.2. The summed E-state index contributed by atoms with van der Waals surface area (Å²) in [7, 11) is 0. The summed E-state index contributed by atoms with van der Waals surface area (Å²) in [6.45, 7) is 12.0. The summed E-state index contributed by atoms with van der Waals surface area (Å²) in [6.07, 6.45) is 2.45. The Hall–Kier alpha value is -1.02. The zero-order chi connectivity index (χ0) is 14.5. The number of hydrogen-bond acceptors (Lipinski definition) is 2. The third-order valence-electron chi connectivity index (χ3n) is 5.75. The molecule has 1 saturated heterocycles. The minimum atomic E-state index is 0.307. The van der Waals surface area contributed by atoms with Crippen LogP contribution in [0.2, 0.25) is 0 Å². The van der Waals surface area contributed by atoms with Crippen LogP contribution in [-0.4, -0.2) is 24.0 Å². The lowest BCUT2D eigenvalue weighted by Gasteiger charge is -2.55. The number of nitrogens with two attached hydrogens (primary N) is 1. The van der Waals surface area contributed by atoms with Crippen molar-refractivity contribution in [2.75, 3.05) is 18.8 Å². The molecule has 1 aliphatic carbocycles. The number of benzene rings is 1. The lowest BCUT2D eigenvalue weighted by molar-refractivity contribution is 0.0242. The number of hydrogen-bond donors (Lipinski definition) is 1. The first-order valence-electron chi connectivity index (χ1n) is 8.05. The topological polar surface area (TPSA) is 29.3 Å². The van der Waals surface area contributed by atoms with Crippen LogP contribution in [0.25, 0.3) is 0 Å². The fourth-order valence-corrected chi connectivity index (χ4v) is 4.42. The van der Waals surface area contributed by atoms with Gasteiger partial charge in [-0.25, -0.2) is 0 Å². The standard InChI is InChI=1S/C18H28N2/c1-12(2)11-20-8-7-18(4)13(3)17(20)9-14-5-6-15(19)10-16(14)18/h5-6,10,12-13,17H,7-9,11,19H2,1-4H3/t13?,17-,18-/m1/s1. The van der Waals surface area contributed by atoms with Crippen LogP contribution in [0.5, 0.6) is 0 Å². The molecular formula is C18H28N2. The Morgan fingerprint density at radius 3 is 2.85 bits per heavy atom. The molecule has 0 aromatic heterocycles. The molecule has 1 aromatic carbocycles. The van der Waals surface area contributed by atoms with Gasteiger partial charge in [-0.1, -0.05) is 33.8 Å². The zero-order valence-corrected chi connectivity index (χ0v) is 13.3. The Morgan fingerprint density at radius 2 is 2.15 bits per heavy atom. The highest BCUT2D eigenvalue weighted by atomic mass is 15.2. The van der Waals surface area contributed by atoms with E-state index < -0.39 is 0 Å². The van der Waals surface area contributed by atoms with E-state index in [2.05, 4.69) is 50.8 Å². The third-order valence-corrected chi connectivity index (χ3v) is 5.75. The monoisotopic (exact) mass is 272 g/mol. The molecule has 2 aliphatic rings. The molecule has 2 N–H and O–H groups in total. The van der Waals surface area contributed by atoms with Crippen LogP contribution in [0.1, 0.15) is 45.2 Å². The van der Waals surface area contributed by atoms with E-state index in [-0.39, 0.29) is 0 Å². The van der Waals surface area contributed by atoms with Crippen molar-refractivity contribution in [2.24, 2.45) is 11.8 Å². The summed E-state index contributed by atoms with van der Waals surface area (Å²) in [4.78, 5) is 2.73. The van der Waals surface area contributed by atoms with E-state index in [1.54, 1.807) is 0 Å². The first-order valence-corrected chi connectivity index (χ1v) is 8.05. The number of nitrogens with zero attached hydrogens (tertiary/aromatic N) is 1. The molecule has 0 amide bonds. The lowest BCUT2D eigenvalue weighted by Crippen LogP contribution is -2.58. The van der Waals surface area contributed by atoms with Gasteiger partial charge in [-0.05, 0) is 59.9 Å². The highest BCUT2D eigenvalue weighted by Gasteiger charge is 2.48. The highest BCUT2D eigenvalue weighted by molar-refractivity contribution is 5.50. The smallest absolute Gasteiger partial charge is 0.0317 e. The average molecular weight is 272 g/mol. The molecule has 0 saturated carbocycles. The van der Waals surface area contributed by atoms with Gasteiger partial charge in [-0.3, -0.25) is 4.90 Å². The van der Waals surface area contributed by atoms with Gasteiger partial charge >= 0.3 is 0 Å². The van der Waals surface area contributed by atoms with Gasteiger partial charge in [0.25, 0.3) is 0 Å². The van der Waals surface area contributed by atoms with Crippen molar-refractivity contribution >= 4 is 5.69 Å². The predicted octanol–water partition coefficient (Wildman–Crippen LogP) is 3.45. The van der Waals surface area contributed by atoms with Crippen LogP contribution in [0.15, 0.2) is 18.2 Å². The Bertz CT molecular complexity index is 508. The number of anilines is 1. The van der Waals surface area contributed by atoms with E-state index in [1.807, 2.05) is 0 Å². The molecule has 2 heteroatoms. The third kappa shape index (κ3) is 2.05. The molecule has 1 unspecified atom stereocenters. The van der Waals surface area contributed by atoms with Crippen molar-refractivity contribution in [3.05, 3.63) is 29.3 Å². The fourth-order valence-electron chi connectivity index (χ4n) is 4.42. The minimum absolute atomic E-state index is 0.307. The highest BCUT2D eigenvalue weighted by Crippen LogP contribution is 2.49. The minimum Gasteiger partial charge on any atom is -0.399 e. The first kappa shape index (κ1) is 13.9. The lowest BCUT2D eigenvalue weighted by atomic mass is 9.59. The van der Waals surface area contributed by atoms with Crippen LogP contribution in [0, 0.1) is 11.8 Å². The van der Waals surface area contributed by atoms with Crippen LogP contribution < -0.4 is 5.73 Å². The van der Waals surface area contributed by atoms with Crippen LogP contribution in [-0.2, 0) is 11.8 Å². The molecule has 1 aliphatic heterocycles. The van der Waals surface area contributed by atoms with E-state index in [1.165, 1.54) is 37.1 Å². The van der Waals surface area contributed by atoms with E-state index in [0.717, 1.165) is 11.6 Å². The van der Waals surface area contributed by atoms with Crippen molar-refractivity contribution in [3.63, 3.8) is 0 Å². The number of nitrogen functional groups attached to an aromatic ring is 1. The van der Waals surface area contributed by atoms with Gasteiger partial charge in [-0.15, -0.1) is 0 Å². The quantitative estimate of drug-likeness (QED) is 0.836. The maximum Gasteiger partial charge on any atom is 0.0317 e. The molecule has 0 radical (unpaired) electrons. The van der Waals surface area contributed by atoms with Crippen LogP contribution in [0.3, 0.4) is 0 Å². The second-order valence-corrected chi connectivity index (χ2v) is 7.53. The number of piperidine rings is 1. The summed E-state index contributed by atoms with van der Waals surface area (Å²) in [5.74, 6) is 1.46. The zero-order valence-electron chi connectivity index (χ0n) is 13.3. The predicted molar refractivity (Wildman–Crippen MR) is 85.9 cm³/mol. The average Bonchev–Trinajstić information content (AvgIpc) is 2.38. The van der Waals surface area contributed by atoms with Gasteiger partial charge in [0, 0.05) is 18.3 Å². The molecule has 3 atom stereocenters. The van der Waals surface area contributed by atoms with E-state index in [9.17, 15) is 0 Å². The van der Waals surface area contributed by atoms with Crippen molar-refractivity contribution in [1.29, 1.82) is 0 Å². The Kier molecular flexibility index (Phi) is 3.32. The largest absolute Gasteiger partial charge is 0.399 e. The van der Waals surface area contributed by atoms with Crippen LogP contribution >= 0.6 is 0 Å². The van der Waals surface area contributed by atoms with Gasteiger partial charge in [0.2, 0.25) is 0 Å². The van der Waals surface area contributed by atoms with E-state index >= 15 is 0 Å². The summed E-state index contributed by atoms with van der Waals surface area (Å²) >= 11 is 0. The van der Waals surface area contributed by atoms with Crippen LogP contribution in [0.4, 0.5) is 5.69 Å². The van der Waals surface area contributed by atoms with Gasteiger partial charge in [0.05, 0.1) is 0 Å².